The van der Waals surface area contributed by atoms with Crippen LogP contribution in [0.15, 0.2) is 18.2 Å². The average molecular weight is 260 g/mol. The Bertz CT molecular complexity index is 481. The monoisotopic (exact) mass is 260 g/mol. The summed E-state index contributed by atoms with van der Waals surface area (Å²) in [4.78, 5) is 13.0. The Hall–Kier alpha value is -1.47. The highest BCUT2D eigenvalue weighted by atomic mass is 32.2. The van der Waals surface area contributed by atoms with Gasteiger partial charge in [-0.25, -0.2) is 0 Å². The minimum Gasteiger partial charge on any atom is -0.369 e. The molecule has 1 aliphatic rings. The second-order valence-electron chi connectivity index (χ2n) is 4.35. The summed E-state index contributed by atoms with van der Waals surface area (Å²) in [7, 11) is 0. The zero-order chi connectivity index (χ0) is 13.0. The molecule has 1 unspecified atom stereocenters. The van der Waals surface area contributed by atoms with E-state index in [1.54, 1.807) is 12.1 Å². The number of carbonyl (C=O) groups excluding carboxylic acids is 1. The van der Waals surface area contributed by atoms with Gasteiger partial charge in [0.2, 0.25) is 0 Å². The third-order valence-corrected chi connectivity index (χ3v) is 4.58. The molecule has 18 heavy (non-hydrogen) atoms. The van der Waals surface area contributed by atoms with Gasteiger partial charge in [0.05, 0.1) is 11.3 Å². The van der Waals surface area contributed by atoms with E-state index in [4.69, 9.17) is 0 Å². The van der Waals surface area contributed by atoms with Crippen molar-refractivity contribution in [2.75, 3.05) is 23.7 Å². The number of rotatable bonds is 3. The van der Waals surface area contributed by atoms with Crippen LogP contribution in [0.3, 0.4) is 0 Å². The van der Waals surface area contributed by atoms with E-state index in [1.165, 1.54) is 0 Å². The molecule has 4 heteroatoms. The van der Waals surface area contributed by atoms with Crippen molar-refractivity contribution in [3.05, 3.63) is 29.3 Å². The lowest BCUT2D eigenvalue weighted by molar-refractivity contribution is 0.112. The lowest BCUT2D eigenvalue weighted by Gasteiger charge is -2.34. The third kappa shape index (κ3) is 2.68. The Kier molecular flexibility index (Phi) is 4.27. The molecule has 0 N–H and O–H groups in total. The largest absolute Gasteiger partial charge is 0.369 e. The highest BCUT2D eigenvalue weighted by Crippen LogP contribution is 2.28. The molecule has 2 rings (SSSR count). The first-order chi connectivity index (χ1) is 8.78. The minimum atomic E-state index is 0.564. The van der Waals surface area contributed by atoms with Crippen molar-refractivity contribution in [3.63, 3.8) is 0 Å². The predicted octanol–water partition coefficient (Wildman–Crippen LogP) is 2.70. The van der Waals surface area contributed by atoms with Gasteiger partial charge in [0.1, 0.15) is 12.4 Å². The van der Waals surface area contributed by atoms with Crippen molar-refractivity contribution >= 4 is 23.7 Å². The van der Waals surface area contributed by atoms with Gasteiger partial charge in [-0.05, 0) is 24.6 Å². The molecule has 0 aliphatic carbocycles. The number of benzene rings is 1. The Balaban J connectivity index is 2.27. The molecule has 1 saturated heterocycles. The van der Waals surface area contributed by atoms with Gasteiger partial charge in [-0.15, -0.1) is 0 Å². The molecule has 0 aromatic heterocycles. The summed E-state index contributed by atoms with van der Waals surface area (Å²) in [6.45, 7) is 4.15. The van der Waals surface area contributed by atoms with Gasteiger partial charge in [-0.3, -0.25) is 4.79 Å². The standard InChI is InChI=1S/C14H16N2OS/c1-2-13-9-16(5-6-18-13)14-4-3-11(10-17)7-12(14)8-15/h3-4,7,10,13H,2,5-6,9H2,1H3. The summed E-state index contributed by atoms with van der Waals surface area (Å²) in [6.07, 6.45) is 1.93. The van der Waals surface area contributed by atoms with Crippen LogP contribution in [-0.2, 0) is 0 Å². The highest BCUT2D eigenvalue weighted by molar-refractivity contribution is 8.00. The van der Waals surface area contributed by atoms with E-state index in [1.807, 2.05) is 17.8 Å². The molecule has 3 nitrogen and oxygen atoms in total. The number of thioether (sulfide) groups is 1. The maximum atomic E-state index is 10.7. The molecule has 0 radical (unpaired) electrons. The molecule has 0 spiro atoms. The van der Waals surface area contributed by atoms with Gasteiger partial charge < -0.3 is 4.90 Å². The normalized spacial score (nSPS) is 19.3. The summed E-state index contributed by atoms with van der Waals surface area (Å²) < 4.78 is 0. The minimum absolute atomic E-state index is 0.564. The van der Waals surface area contributed by atoms with Crippen LogP contribution in [0.25, 0.3) is 0 Å². The van der Waals surface area contributed by atoms with E-state index in [2.05, 4.69) is 17.9 Å². The summed E-state index contributed by atoms with van der Waals surface area (Å²) in [5.41, 5.74) is 2.12. The Morgan fingerprint density at radius 1 is 1.61 bits per heavy atom. The van der Waals surface area contributed by atoms with Gasteiger partial charge in [0.25, 0.3) is 0 Å². The zero-order valence-electron chi connectivity index (χ0n) is 10.4. The van der Waals surface area contributed by atoms with Gasteiger partial charge in [-0.2, -0.15) is 17.0 Å². The number of carbonyl (C=O) groups is 1. The maximum Gasteiger partial charge on any atom is 0.150 e. The van der Waals surface area contributed by atoms with Crippen molar-refractivity contribution in [1.82, 2.24) is 0 Å². The van der Waals surface area contributed by atoms with Crippen LogP contribution in [0.4, 0.5) is 5.69 Å². The number of aldehydes is 1. The van der Waals surface area contributed by atoms with Crippen molar-refractivity contribution in [2.45, 2.75) is 18.6 Å². The van der Waals surface area contributed by atoms with E-state index < -0.39 is 0 Å². The molecule has 94 valence electrons. The first kappa shape index (κ1) is 13.0. The number of hydrogen-bond acceptors (Lipinski definition) is 4. The van der Waals surface area contributed by atoms with Gasteiger partial charge >= 0.3 is 0 Å². The zero-order valence-corrected chi connectivity index (χ0v) is 11.2. The van der Waals surface area contributed by atoms with Crippen LogP contribution >= 0.6 is 11.8 Å². The average Bonchev–Trinajstić information content (AvgIpc) is 2.46. The number of hydrogen-bond donors (Lipinski definition) is 0. The molecule has 0 amide bonds. The van der Waals surface area contributed by atoms with E-state index in [-0.39, 0.29) is 0 Å². The quantitative estimate of drug-likeness (QED) is 0.784. The summed E-state index contributed by atoms with van der Waals surface area (Å²) in [5.74, 6) is 1.10. The molecule has 1 heterocycles. The van der Waals surface area contributed by atoms with Crippen LogP contribution < -0.4 is 4.90 Å². The van der Waals surface area contributed by atoms with Crippen LogP contribution in [0.2, 0.25) is 0 Å². The number of anilines is 1. The predicted molar refractivity (Wildman–Crippen MR) is 75.3 cm³/mol. The molecule has 1 fully saturated rings. The van der Waals surface area contributed by atoms with Crippen molar-refractivity contribution < 1.29 is 4.79 Å². The first-order valence-corrected chi connectivity index (χ1v) is 7.19. The fraction of sp³-hybridized carbons (Fsp3) is 0.429. The van der Waals surface area contributed by atoms with Crippen molar-refractivity contribution in [1.29, 1.82) is 5.26 Å². The SMILES string of the molecule is CCC1CN(c2ccc(C=O)cc2C#N)CCS1. The fourth-order valence-electron chi connectivity index (χ4n) is 2.18. The third-order valence-electron chi connectivity index (χ3n) is 3.21. The van der Waals surface area contributed by atoms with E-state index >= 15 is 0 Å². The van der Waals surface area contributed by atoms with E-state index in [0.717, 1.165) is 37.2 Å². The topological polar surface area (TPSA) is 44.1 Å². The lowest BCUT2D eigenvalue weighted by Crippen LogP contribution is -2.38. The summed E-state index contributed by atoms with van der Waals surface area (Å²) in [5, 5.41) is 9.83. The van der Waals surface area contributed by atoms with Crippen molar-refractivity contribution in [2.24, 2.45) is 0 Å². The Morgan fingerprint density at radius 2 is 2.44 bits per heavy atom. The molecule has 0 bridgehead atoms. The molecule has 1 aromatic carbocycles. The highest BCUT2D eigenvalue weighted by Gasteiger charge is 2.21. The lowest BCUT2D eigenvalue weighted by atomic mass is 10.1. The Morgan fingerprint density at radius 3 is 3.11 bits per heavy atom. The van der Waals surface area contributed by atoms with Crippen LogP contribution in [-0.4, -0.2) is 30.4 Å². The Labute approximate surface area is 112 Å². The van der Waals surface area contributed by atoms with E-state index in [0.29, 0.717) is 16.4 Å². The number of nitriles is 1. The maximum absolute atomic E-state index is 10.7. The number of nitrogens with zero attached hydrogens (tertiary/aromatic N) is 2. The molecular formula is C14H16N2OS. The molecule has 0 saturated carbocycles. The second-order valence-corrected chi connectivity index (χ2v) is 5.76. The van der Waals surface area contributed by atoms with Gasteiger partial charge in [0.15, 0.2) is 0 Å². The summed E-state index contributed by atoms with van der Waals surface area (Å²) in [6, 6.07) is 7.54. The molecule has 1 aromatic rings. The molecule has 1 aliphatic heterocycles. The van der Waals surface area contributed by atoms with Crippen LogP contribution in [0.1, 0.15) is 29.3 Å². The van der Waals surface area contributed by atoms with E-state index in [9.17, 15) is 10.1 Å². The fourth-order valence-corrected chi connectivity index (χ4v) is 3.36. The second kappa shape index (κ2) is 5.92. The molecular weight excluding hydrogens is 244 g/mol. The van der Waals surface area contributed by atoms with Crippen LogP contribution in [0, 0.1) is 11.3 Å². The van der Waals surface area contributed by atoms with Gasteiger partial charge in [0, 0.05) is 29.7 Å². The van der Waals surface area contributed by atoms with Crippen LogP contribution in [0.5, 0.6) is 0 Å². The summed E-state index contributed by atoms with van der Waals surface area (Å²) >= 11 is 2.00. The first-order valence-electron chi connectivity index (χ1n) is 6.14. The van der Waals surface area contributed by atoms with Gasteiger partial charge in [-0.1, -0.05) is 6.92 Å². The smallest absolute Gasteiger partial charge is 0.150 e. The van der Waals surface area contributed by atoms with Crippen molar-refractivity contribution in [3.8, 4) is 6.07 Å². The molecule has 1 atom stereocenters.